The third kappa shape index (κ3) is 4.08. The molecular weight excluding hydrogens is 460 g/mol. The van der Waals surface area contributed by atoms with Crippen LogP contribution in [0.1, 0.15) is 43.4 Å². The molecule has 0 bridgehead atoms. The molecule has 10 heteroatoms. The fourth-order valence-electron chi connectivity index (χ4n) is 5.02. The molecule has 35 heavy (non-hydrogen) atoms. The molecule has 0 spiro atoms. The number of piperazine rings is 1. The second kappa shape index (κ2) is 8.91. The summed E-state index contributed by atoms with van der Waals surface area (Å²) in [6.07, 6.45) is 3.68. The highest BCUT2D eigenvalue weighted by atomic mass is 32.1. The maximum Gasteiger partial charge on any atom is 0.236 e. The minimum atomic E-state index is 0.150. The van der Waals surface area contributed by atoms with Gasteiger partial charge >= 0.3 is 0 Å². The van der Waals surface area contributed by atoms with Gasteiger partial charge in [0.15, 0.2) is 10.8 Å². The molecule has 5 heterocycles. The van der Waals surface area contributed by atoms with Crippen molar-refractivity contribution >= 4 is 38.4 Å². The van der Waals surface area contributed by atoms with Crippen LogP contribution in [0.15, 0.2) is 12.5 Å². The molecule has 1 atom stereocenters. The number of aromatic nitrogens is 5. The van der Waals surface area contributed by atoms with E-state index < -0.39 is 0 Å². The van der Waals surface area contributed by atoms with Crippen LogP contribution in [0, 0.1) is 13.8 Å². The summed E-state index contributed by atoms with van der Waals surface area (Å²) in [5, 5.41) is 5.43. The summed E-state index contributed by atoms with van der Waals surface area (Å²) in [6.45, 7) is 14.0. The second-order valence-corrected chi connectivity index (χ2v) is 11.1. The van der Waals surface area contributed by atoms with Gasteiger partial charge in [-0.05, 0) is 37.8 Å². The number of nitrogens with zero attached hydrogens (tertiary/aromatic N) is 7. The van der Waals surface area contributed by atoms with Crippen molar-refractivity contribution in [3.05, 3.63) is 29.2 Å². The first-order chi connectivity index (χ1) is 16.7. The van der Waals surface area contributed by atoms with Crippen LogP contribution >= 0.6 is 11.3 Å². The molecule has 1 aliphatic heterocycles. The lowest BCUT2D eigenvalue weighted by atomic mass is 9.96. The average molecular weight is 495 g/mol. The van der Waals surface area contributed by atoms with Crippen LogP contribution in [0.3, 0.4) is 0 Å². The Kier molecular flexibility index (Phi) is 6.04. The fourth-order valence-corrected chi connectivity index (χ4v) is 6.13. The number of anilines is 1. The molecule has 4 aromatic rings. The van der Waals surface area contributed by atoms with Crippen LogP contribution in [0.4, 0.5) is 5.13 Å². The molecule has 1 amide bonds. The van der Waals surface area contributed by atoms with Gasteiger partial charge in [-0.15, -0.1) is 0 Å². The van der Waals surface area contributed by atoms with Gasteiger partial charge in [-0.25, -0.2) is 14.5 Å². The Bertz CT molecular complexity index is 1400. The van der Waals surface area contributed by atoms with Gasteiger partial charge in [-0.1, -0.05) is 25.2 Å². The average Bonchev–Trinajstić information content (AvgIpc) is 3.50. The Morgan fingerprint density at radius 1 is 1.26 bits per heavy atom. The number of hydrogen-bond acceptors (Lipinski definition) is 7. The zero-order valence-electron chi connectivity index (χ0n) is 21.6. The van der Waals surface area contributed by atoms with E-state index in [0.29, 0.717) is 12.5 Å². The maximum atomic E-state index is 12.2. The van der Waals surface area contributed by atoms with E-state index >= 15 is 0 Å². The van der Waals surface area contributed by atoms with E-state index in [1.807, 2.05) is 18.6 Å². The molecule has 186 valence electrons. The van der Waals surface area contributed by atoms with Crippen molar-refractivity contribution in [1.29, 1.82) is 0 Å². The van der Waals surface area contributed by atoms with Crippen molar-refractivity contribution in [3.8, 4) is 11.3 Å². The first-order valence-electron chi connectivity index (χ1n) is 12.2. The Morgan fingerprint density at radius 3 is 2.71 bits per heavy atom. The van der Waals surface area contributed by atoms with Gasteiger partial charge in [-0.3, -0.25) is 9.69 Å². The van der Waals surface area contributed by atoms with Crippen LogP contribution in [-0.4, -0.2) is 86.6 Å². The number of fused-ring (bicyclic) bond motifs is 2. The summed E-state index contributed by atoms with van der Waals surface area (Å²) in [4.78, 5) is 32.8. The predicted molar refractivity (Wildman–Crippen MR) is 141 cm³/mol. The summed E-state index contributed by atoms with van der Waals surface area (Å²) in [7, 11) is 3.63. The number of rotatable bonds is 5. The third-order valence-electron chi connectivity index (χ3n) is 7.17. The highest BCUT2D eigenvalue weighted by Gasteiger charge is 2.29. The van der Waals surface area contributed by atoms with Crippen molar-refractivity contribution < 1.29 is 4.79 Å². The lowest BCUT2D eigenvalue weighted by molar-refractivity contribution is -0.130. The van der Waals surface area contributed by atoms with Crippen molar-refractivity contribution in [2.45, 2.75) is 46.6 Å². The molecule has 4 aromatic heterocycles. The smallest absolute Gasteiger partial charge is 0.236 e. The van der Waals surface area contributed by atoms with E-state index in [9.17, 15) is 4.79 Å². The van der Waals surface area contributed by atoms with Gasteiger partial charge in [0.05, 0.1) is 12.2 Å². The van der Waals surface area contributed by atoms with Gasteiger partial charge in [0.2, 0.25) is 5.91 Å². The van der Waals surface area contributed by atoms with E-state index in [-0.39, 0.29) is 11.9 Å². The number of carbonyl (C=O) groups excluding carboxylic acids is 1. The van der Waals surface area contributed by atoms with E-state index in [1.54, 1.807) is 22.6 Å². The highest BCUT2D eigenvalue weighted by molar-refractivity contribution is 7.21. The predicted octanol–water partition coefficient (Wildman–Crippen LogP) is 3.67. The van der Waals surface area contributed by atoms with E-state index in [0.717, 1.165) is 57.6 Å². The molecule has 9 nitrogen and oxygen atoms in total. The quantitative estimate of drug-likeness (QED) is 0.456. The SMILES string of the molecule is Cc1c(-c2[nH]c3sc(N4CCN(CC(=O)N(C)C)C[C@@H]4C)nc3c2C(C)C)cn2ncnc2c1C. The minimum Gasteiger partial charge on any atom is -0.348 e. The molecule has 1 N–H and O–H groups in total. The van der Waals surface area contributed by atoms with Crippen LogP contribution in [-0.2, 0) is 4.79 Å². The van der Waals surface area contributed by atoms with Crippen molar-refractivity contribution in [2.75, 3.05) is 45.2 Å². The normalized spacial score (nSPS) is 17.3. The summed E-state index contributed by atoms with van der Waals surface area (Å²) in [6, 6.07) is 0.288. The summed E-state index contributed by atoms with van der Waals surface area (Å²) in [5.41, 5.74) is 7.81. The summed E-state index contributed by atoms with van der Waals surface area (Å²) >= 11 is 1.72. The zero-order chi connectivity index (χ0) is 25.0. The van der Waals surface area contributed by atoms with Gasteiger partial charge in [-0.2, -0.15) is 5.10 Å². The van der Waals surface area contributed by atoms with Crippen LogP contribution in [0.2, 0.25) is 0 Å². The Hall–Kier alpha value is -2.98. The monoisotopic (exact) mass is 494 g/mol. The number of aryl methyl sites for hydroxylation is 1. The topological polar surface area (TPSA) is 85.7 Å². The Balaban J connectivity index is 1.48. The van der Waals surface area contributed by atoms with Crippen molar-refractivity contribution in [3.63, 3.8) is 0 Å². The third-order valence-corrected chi connectivity index (χ3v) is 8.17. The number of thiazole rings is 1. The summed E-state index contributed by atoms with van der Waals surface area (Å²) in [5.74, 6) is 0.461. The van der Waals surface area contributed by atoms with Crippen LogP contribution in [0.25, 0.3) is 27.3 Å². The molecule has 5 rings (SSSR count). The fraction of sp³-hybridized carbons (Fsp3) is 0.520. The molecule has 0 aromatic carbocycles. The number of carbonyl (C=O) groups is 1. The molecule has 0 aliphatic carbocycles. The minimum absolute atomic E-state index is 0.150. The first kappa shape index (κ1) is 23.7. The highest BCUT2D eigenvalue weighted by Crippen LogP contribution is 2.41. The Morgan fingerprint density at radius 2 is 2.03 bits per heavy atom. The number of aromatic amines is 1. The van der Waals surface area contributed by atoms with E-state index in [1.165, 1.54) is 11.1 Å². The lowest BCUT2D eigenvalue weighted by Gasteiger charge is -2.39. The van der Waals surface area contributed by atoms with Crippen LogP contribution in [0.5, 0.6) is 0 Å². The van der Waals surface area contributed by atoms with Gasteiger partial charge in [0, 0.05) is 57.1 Å². The number of H-pyrrole nitrogens is 1. The number of amides is 1. The standard InChI is InChI=1S/C25H34N8OS/c1-14(2)20-21(18-11-33-23(26-13-27-33)17(5)16(18)4)28-24-22(20)29-25(35-24)32-9-8-31(10-15(32)3)12-19(34)30(6)7/h11,13-15,28H,8-10,12H2,1-7H3/t15-/m0/s1. The second-order valence-electron chi connectivity index (χ2n) is 10.1. The van der Waals surface area contributed by atoms with E-state index in [4.69, 9.17) is 4.98 Å². The van der Waals surface area contributed by atoms with Gasteiger partial charge < -0.3 is 14.8 Å². The Labute approximate surface area is 209 Å². The van der Waals surface area contributed by atoms with Gasteiger partial charge in [0.1, 0.15) is 16.7 Å². The maximum absolute atomic E-state index is 12.2. The first-order valence-corrected chi connectivity index (χ1v) is 13.0. The number of hydrogen-bond donors (Lipinski definition) is 1. The molecule has 0 unspecified atom stereocenters. The number of nitrogens with one attached hydrogen (secondary N) is 1. The molecule has 1 fully saturated rings. The van der Waals surface area contributed by atoms with Gasteiger partial charge in [0.25, 0.3) is 0 Å². The summed E-state index contributed by atoms with van der Waals surface area (Å²) < 4.78 is 1.86. The molecule has 1 saturated heterocycles. The van der Waals surface area contributed by atoms with E-state index in [2.05, 4.69) is 65.7 Å². The molecular formula is C25H34N8OS. The lowest BCUT2D eigenvalue weighted by Crippen LogP contribution is -2.54. The van der Waals surface area contributed by atoms with Crippen LogP contribution < -0.4 is 4.90 Å². The zero-order valence-corrected chi connectivity index (χ0v) is 22.4. The van der Waals surface area contributed by atoms with Crippen molar-refractivity contribution in [1.82, 2.24) is 34.4 Å². The largest absolute Gasteiger partial charge is 0.348 e. The van der Waals surface area contributed by atoms with Crippen molar-refractivity contribution in [2.24, 2.45) is 0 Å². The number of pyridine rings is 1. The number of likely N-dealkylation sites (N-methyl/N-ethyl adjacent to an activating group) is 1. The molecule has 0 radical (unpaired) electrons. The molecule has 0 saturated carbocycles. The molecule has 1 aliphatic rings.